The Morgan fingerprint density at radius 2 is 1.92 bits per heavy atom. The maximum atomic E-state index is 10.8. The van der Waals surface area contributed by atoms with Gasteiger partial charge in [0.05, 0.1) is 0 Å². The Morgan fingerprint density at radius 3 is 2.46 bits per heavy atom. The number of carbonyl (C=O) groups excluding carboxylic acids is 1. The van der Waals surface area contributed by atoms with Crippen molar-refractivity contribution in [1.29, 1.82) is 0 Å². The third-order valence-electron chi connectivity index (χ3n) is 1.82. The molecule has 0 atom stereocenters. The van der Waals surface area contributed by atoms with Gasteiger partial charge in [-0.15, -0.1) is 0 Å². The highest BCUT2D eigenvalue weighted by molar-refractivity contribution is 14.1. The number of hydrogen-bond acceptors (Lipinski definition) is 1. The zero-order valence-corrected chi connectivity index (χ0v) is 10.1. The van der Waals surface area contributed by atoms with Gasteiger partial charge >= 0.3 is 0 Å². The fourth-order valence-electron chi connectivity index (χ4n) is 1.15. The molecule has 70 valence electrons. The first-order chi connectivity index (χ1) is 6.00. The number of benzene rings is 1. The Hall–Kier alpha value is -0.580. The predicted molar refractivity (Wildman–Crippen MR) is 62.9 cm³/mol. The summed E-state index contributed by atoms with van der Waals surface area (Å²) < 4.78 is 1.17. The van der Waals surface area contributed by atoms with Crippen LogP contribution >= 0.6 is 22.6 Å². The second-order valence-electron chi connectivity index (χ2n) is 3.10. The lowest BCUT2D eigenvalue weighted by molar-refractivity contribution is -0.114. The molecular weight excluding hydrogens is 277 g/mol. The van der Waals surface area contributed by atoms with E-state index in [2.05, 4.69) is 40.9 Å². The summed E-state index contributed by atoms with van der Waals surface area (Å²) in [5.41, 5.74) is 3.25. The van der Waals surface area contributed by atoms with Gasteiger partial charge in [0.15, 0.2) is 0 Å². The number of aryl methyl sites for hydroxylation is 2. The molecule has 1 rings (SSSR count). The number of amides is 1. The van der Waals surface area contributed by atoms with Crippen LogP contribution in [0, 0.1) is 17.4 Å². The molecule has 0 aliphatic rings. The van der Waals surface area contributed by atoms with Gasteiger partial charge in [0.2, 0.25) is 5.91 Å². The number of hydrogen-bond donors (Lipinski definition) is 1. The maximum Gasteiger partial charge on any atom is 0.221 e. The quantitative estimate of drug-likeness (QED) is 0.791. The van der Waals surface area contributed by atoms with Gasteiger partial charge < -0.3 is 5.32 Å². The van der Waals surface area contributed by atoms with Crippen LogP contribution in [0.25, 0.3) is 0 Å². The standard InChI is InChI=1S/C10H12INO/c1-6-4-7(2)10(5-9(6)11)12-8(3)13/h4-5H,1-3H3,(H,12,13). The molecule has 2 nitrogen and oxygen atoms in total. The van der Waals surface area contributed by atoms with Gasteiger partial charge in [0, 0.05) is 16.2 Å². The number of halogens is 1. The van der Waals surface area contributed by atoms with Crippen molar-refractivity contribution < 1.29 is 4.79 Å². The number of rotatable bonds is 1. The SMILES string of the molecule is CC(=O)Nc1cc(I)c(C)cc1C. The van der Waals surface area contributed by atoms with Crippen LogP contribution in [0.4, 0.5) is 5.69 Å². The Bertz CT molecular complexity index is 347. The van der Waals surface area contributed by atoms with E-state index in [9.17, 15) is 4.79 Å². The van der Waals surface area contributed by atoms with Crippen LogP contribution in [-0.2, 0) is 4.79 Å². The zero-order chi connectivity index (χ0) is 10.0. The van der Waals surface area contributed by atoms with Crippen LogP contribution < -0.4 is 5.32 Å². The minimum atomic E-state index is -0.0252. The molecule has 0 radical (unpaired) electrons. The molecule has 0 aliphatic carbocycles. The summed E-state index contributed by atoms with van der Waals surface area (Å²) in [5.74, 6) is -0.0252. The average molecular weight is 289 g/mol. The second kappa shape index (κ2) is 4.09. The van der Waals surface area contributed by atoms with Crippen molar-refractivity contribution in [2.75, 3.05) is 5.32 Å². The molecule has 1 aromatic carbocycles. The summed E-state index contributed by atoms with van der Waals surface area (Å²) in [7, 11) is 0. The van der Waals surface area contributed by atoms with E-state index in [1.165, 1.54) is 16.1 Å². The van der Waals surface area contributed by atoms with Crippen molar-refractivity contribution in [2.45, 2.75) is 20.8 Å². The zero-order valence-electron chi connectivity index (χ0n) is 7.94. The van der Waals surface area contributed by atoms with Crippen molar-refractivity contribution in [2.24, 2.45) is 0 Å². The van der Waals surface area contributed by atoms with E-state index in [-0.39, 0.29) is 5.91 Å². The predicted octanol–water partition coefficient (Wildman–Crippen LogP) is 2.87. The van der Waals surface area contributed by atoms with Crippen LogP contribution in [0.3, 0.4) is 0 Å². The lowest BCUT2D eigenvalue weighted by Crippen LogP contribution is -2.07. The fourth-order valence-corrected chi connectivity index (χ4v) is 1.62. The second-order valence-corrected chi connectivity index (χ2v) is 4.26. The van der Waals surface area contributed by atoms with Crippen LogP contribution in [0.1, 0.15) is 18.1 Å². The summed E-state index contributed by atoms with van der Waals surface area (Å²) in [6, 6.07) is 4.07. The van der Waals surface area contributed by atoms with Crippen molar-refractivity contribution in [3.63, 3.8) is 0 Å². The summed E-state index contributed by atoms with van der Waals surface area (Å²) in [5, 5.41) is 2.80. The molecule has 0 heterocycles. The molecule has 1 amide bonds. The lowest BCUT2D eigenvalue weighted by Gasteiger charge is -2.08. The highest BCUT2D eigenvalue weighted by Gasteiger charge is 2.03. The van der Waals surface area contributed by atoms with Gasteiger partial charge in [-0.05, 0) is 53.6 Å². The average Bonchev–Trinajstić information content (AvgIpc) is 1.99. The van der Waals surface area contributed by atoms with Crippen molar-refractivity contribution in [3.05, 3.63) is 26.8 Å². The van der Waals surface area contributed by atoms with Crippen molar-refractivity contribution in [3.8, 4) is 0 Å². The fraction of sp³-hybridized carbons (Fsp3) is 0.300. The molecule has 0 saturated heterocycles. The van der Waals surface area contributed by atoms with Crippen molar-refractivity contribution >= 4 is 34.2 Å². The number of carbonyl (C=O) groups is 1. The monoisotopic (exact) mass is 289 g/mol. The lowest BCUT2D eigenvalue weighted by atomic mass is 10.1. The first kappa shape index (κ1) is 10.5. The van der Waals surface area contributed by atoms with Gasteiger partial charge in [-0.1, -0.05) is 6.07 Å². The number of nitrogens with one attached hydrogen (secondary N) is 1. The Morgan fingerprint density at radius 1 is 1.31 bits per heavy atom. The molecule has 0 unspecified atom stereocenters. The molecule has 0 spiro atoms. The third kappa shape index (κ3) is 2.69. The van der Waals surface area contributed by atoms with Gasteiger partial charge in [-0.2, -0.15) is 0 Å². The topological polar surface area (TPSA) is 29.1 Å². The van der Waals surface area contributed by atoms with Gasteiger partial charge in [0.25, 0.3) is 0 Å². The molecule has 1 N–H and O–H groups in total. The molecule has 13 heavy (non-hydrogen) atoms. The van der Waals surface area contributed by atoms with Crippen LogP contribution in [0.2, 0.25) is 0 Å². The number of anilines is 1. The van der Waals surface area contributed by atoms with E-state index in [1.54, 1.807) is 0 Å². The van der Waals surface area contributed by atoms with Crippen LogP contribution in [0.5, 0.6) is 0 Å². The Kier molecular flexibility index (Phi) is 3.30. The molecule has 3 heteroatoms. The summed E-state index contributed by atoms with van der Waals surface area (Å²) in [6.45, 7) is 5.58. The van der Waals surface area contributed by atoms with E-state index in [0.29, 0.717) is 0 Å². The maximum absolute atomic E-state index is 10.8. The first-order valence-corrected chi connectivity index (χ1v) is 5.13. The Labute approximate surface area is 91.9 Å². The minimum Gasteiger partial charge on any atom is -0.326 e. The molecule has 0 saturated carbocycles. The summed E-state index contributed by atoms with van der Waals surface area (Å²) in [4.78, 5) is 10.8. The molecule has 1 aromatic rings. The molecular formula is C10H12INO. The third-order valence-corrected chi connectivity index (χ3v) is 2.98. The van der Waals surface area contributed by atoms with Crippen molar-refractivity contribution in [1.82, 2.24) is 0 Å². The molecule has 0 bridgehead atoms. The smallest absolute Gasteiger partial charge is 0.221 e. The summed E-state index contributed by atoms with van der Waals surface area (Å²) in [6.07, 6.45) is 0. The van der Waals surface area contributed by atoms with E-state index < -0.39 is 0 Å². The molecule has 0 fully saturated rings. The summed E-state index contributed by atoms with van der Waals surface area (Å²) >= 11 is 2.26. The van der Waals surface area contributed by atoms with Gasteiger partial charge in [0.1, 0.15) is 0 Å². The highest BCUT2D eigenvalue weighted by Crippen LogP contribution is 2.21. The van der Waals surface area contributed by atoms with E-state index >= 15 is 0 Å². The minimum absolute atomic E-state index is 0.0252. The Balaban J connectivity index is 3.08. The van der Waals surface area contributed by atoms with Crippen LogP contribution in [-0.4, -0.2) is 5.91 Å². The van der Waals surface area contributed by atoms with Gasteiger partial charge in [-0.3, -0.25) is 4.79 Å². The normalized spacial score (nSPS) is 9.85. The highest BCUT2D eigenvalue weighted by atomic mass is 127. The van der Waals surface area contributed by atoms with Gasteiger partial charge in [-0.25, -0.2) is 0 Å². The molecule has 0 aromatic heterocycles. The molecule has 0 aliphatic heterocycles. The van der Waals surface area contributed by atoms with E-state index in [4.69, 9.17) is 0 Å². The van der Waals surface area contributed by atoms with E-state index in [0.717, 1.165) is 11.3 Å². The largest absolute Gasteiger partial charge is 0.326 e. The first-order valence-electron chi connectivity index (χ1n) is 4.05. The van der Waals surface area contributed by atoms with Crippen LogP contribution in [0.15, 0.2) is 12.1 Å². The van der Waals surface area contributed by atoms with E-state index in [1.807, 2.05) is 13.0 Å².